The third kappa shape index (κ3) is 1.50. The fourth-order valence-corrected chi connectivity index (χ4v) is 1.53. The number of hydrogen-bond acceptors (Lipinski definition) is 0. The van der Waals surface area contributed by atoms with E-state index in [0.29, 0.717) is 0 Å². The first-order valence-corrected chi connectivity index (χ1v) is 4.03. The minimum Gasteiger partial charge on any atom is -0.103 e. The van der Waals surface area contributed by atoms with Crippen LogP contribution in [0.2, 0.25) is 0 Å². The van der Waals surface area contributed by atoms with Gasteiger partial charge >= 0.3 is 0 Å². The van der Waals surface area contributed by atoms with Crippen LogP contribution in [0.1, 0.15) is 32.6 Å². The van der Waals surface area contributed by atoms with Gasteiger partial charge in [-0.3, -0.25) is 0 Å². The van der Waals surface area contributed by atoms with Gasteiger partial charge in [-0.2, -0.15) is 0 Å². The van der Waals surface area contributed by atoms with Crippen LogP contribution in [0.4, 0.5) is 0 Å². The lowest BCUT2D eigenvalue weighted by Crippen LogP contribution is -1.80. The molecular formula is C10H15. The lowest BCUT2D eigenvalue weighted by Gasteiger charge is -1.99. The van der Waals surface area contributed by atoms with Crippen LogP contribution in [0.15, 0.2) is 23.8 Å². The highest BCUT2D eigenvalue weighted by atomic mass is 14.2. The van der Waals surface area contributed by atoms with Gasteiger partial charge in [-0.1, -0.05) is 24.1 Å². The third-order valence-electron chi connectivity index (χ3n) is 2.06. The Balaban J connectivity index is 2.58. The van der Waals surface area contributed by atoms with Gasteiger partial charge in [0.15, 0.2) is 0 Å². The van der Waals surface area contributed by atoms with Gasteiger partial charge in [0.1, 0.15) is 0 Å². The average molecular weight is 135 g/mol. The van der Waals surface area contributed by atoms with E-state index < -0.39 is 0 Å². The van der Waals surface area contributed by atoms with Crippen LogP contribution in [0.3, 0.4) is 0 Å². The van der Waals surface area contributed by atoms with E-state index in [0.717, 1.165) is 6.42 Å². The maximum Gasteiger partial charge on any atom is -0.0132 e. The standard InChI is InChI=1S/C10H15/c1-3-6-10-8-5-7-9(10)4-2/h3,7H,1,4-6,8H2,2H3. The maximum absolute atomic E-state index is 3.74. The van der Waals surface area contributed by atoms with Gasteiger partial charge in [0.2, 0.25) is 0 Å². The molecule has 0 unspecified atom stereocenters. The molecule has 0 nitrogen and oxygen atoms in total. The SMILES string of the molecule is C=CCC1=C(CC)[CH]CC1. The largest absolute Gasteiger partial charge is 0.103 e. The van der Waals surface area contributed by atoms with Gasteiger partial charge in [-0.15, -0.1) is 6.58 Å². The topological polar surface area (TPSA) is 0 Å². The molecule has 0 spiro atoms. The minimum atomic E-state index is 1.10. The summed E-state index contributed by atoms with van der Waals surface area (Å²) >= 11 is 0. The predicted molar refractivity (Wildman–Crippen MR) is 45.7 cm³/mol. The molecule has 0 amide bonds. The van der Waals surface area contributed by atoms with Crippen LogP contribution in [-0.2, 0) is 0 Å². The molecule has 0 aromatic heterocycles. The second kappa shape index (κ2) is 3.60. The fraction of sp³-hybridized carbons (Fsp3) is 0.500. The summed E-state index contributed by atoms with van der Waals surface area (Å²) in [5.74, 6) is 0. The summed E-state index contributed by atoms with van der Waals surface area (Å²) in [6.07, 6.45) is 9.19. The zero-order valence-corrected chi connectivity index (χ0v) is 6.69. The average Bonchev–Trinajstić information content (AvgIpc) is 2.36. The minimum absolute atomic E-state index is 1.10. The number of rotatable bonds is 3. The Labute approximate surface area is 63.6 Å². The third-order valence-corrected chi connectivity index (χ3v) is 2.06. The maximum atomic E-state index is 3.74. The van der Waals surface area contributed by atoms with Crippen molar-refractivity contribution in [2.75, 3.05) is 0 Å². The molecule has 1 aliphatic carbocycles. The van der Waals surface area contributed by atoms with Crippen LogP contribution in [0.5, 0.6) is 0 Å². The highest BCUT2D eigenvalue weighted by molar-refractivity contribution is 5.28. The summed E-state index contributed by atoms with van der Waals surface area (Å²) in [6, 6.07) is 0. The second-order valence-electron chi connectivity index (χ2n) is 2.72. The molecule has 0 N–H and O–H groups in total. The van der Waals surface area contributed by atoms with Crippen molar-refractivity contribution in [2.24, 2.45) is 0 Å². The molecule has 1 aliphatic rings. The number of allylic oxidation sites excluding steroid dienone is 3. The van der Waals surface area contributed by atoms with Gasteiger partial charge in [-0.25, -0.2) is 0 Å². The lowest BCUT2D eigenvalue weighted by molar-refractivity contribution is 0.973. The molecule has 0 heteroatoms. The van der Waals surface area contributed by atoms with E-state index in [9.17, 15) is 0 Å². The van der Waals surface area contributed by atoms with E-state index >= 15 is 0 Å². The van der Waals surface area contributed by atoms with E-state index in [1.807, 2.05) is 6.08 Å². The molecule has 0 bridgehead atoms. The van der Waals surface area contributed by atoms with E-state index in [1.165, 1.54) is 19.3 Å². The molecule has 0 saturated heterocycles. The highest BCUT2D eigenvalue weighted by Gasteiger charge is 2.10. The Morgan fingerprint density at radius 1 is 1.70 bits per heavy atom. The normalized spacial score (nSPS) is 18.1. The summed E-state index contributed by atoms with van der Waals surface area (Å²) in [4.78, 5) is 0. The van der Waals surface area contributed by atoms with Crippen molar-refractivity contribution in [3.63, 3.8) is 0 Å². The van der Waals surface area contributed by atoms with Crippen LogP contribution in [-0.4, -0.2) is 0 Å². The van der Waals surface area contributed by atoms with Crippen molar-refractivity contribution < 1.29 is 0 Å². The second-order valence-corrected chi connectivity index (χ2v) is 2.72. The lowest BCUT2D eigenvalue weighted by atomic mass is 10.1. The van der Waals surface area contributed by atoms with Crippen molar-refractivity contribution in [3.8, 4) is 0 Å². The molecule has 10 heavy (non-hydrogen) atoms. The fourth-order valence-electron chi connectivity index (χ4n) is 1.53. The van der Waals surface area contributed by atoms with Gasteiger partial charge < -0.3 is 0 Å². The van der Waals surface area contributed by atoms with E-state index in [4.69, 9.17) is 0 Å². The molecule has 0 aliphatic heterocycles. The molecule has 0 aromatic carbocycles. The van der Waals surface area contributed by atoms with Crippen molar-refractivity contribution in [1.29, 1.82) is 0 Å². The van der Waals surface area contributed by atoms with E-state index in [2.05, 4.69) is 19.9 Å². The summed E-state index contributed by atoms with van der Waals surface area (Å²) in [5, 5.41) is 0. The predicted octanol–water partition coefficient (Wildman–Crippen LogP) is 3.27. The summed E-state index contributed by atoms with van der Waals surface area (Å²) in [7, 11) is 0. The zero-order chi connectivity index (χ0) is 7.40. The van der Waals surface area contributed by atoms with Crippen LogP contribution < -0.4 is 0 Å². The van der Waals surface area contributed by atoms with Gasteiger partial charge in [0.25, 0.3) is 0 Å². The molecule has 1 radical (unpaired) electrons. The Morgan fingerprint density at radius 3 is 3.10 bits per heavy atom. The van der Waals surface area contributed by atoms with E-state index in [1.54, 1.807) is 11.1 Å². The molecule has 55 valence electrons. The van der Waals surface area contributed by atoms with Crippen molar-refractivity contribution in [1.82, 2.24) is 0 Å². The van der Waals surface area contributed by atoms with Gasteiger partial charge in [-0.05, 0) is 32.1 Å². The summed E-state index contributed by atoms with van der Waals surface area (Å²) in [6.45, 7) is 5.97. The smallest absolute Gasteiger partial charge is 0.0132 e. The molecule has 0 heterocycles. The Hall–Kier alpha value is -0.520. The molecular weight excluding hydrogens is 120 g/mol. The monoisotopic (exact) mass is 135 g/mol. The first-order valence-electron chi connectivity index (χ1n) is 4.03. The van der Waals surface area contributed by atoms with Crippen molar-refractivity contribution in [2.45, 2.75) is 32.6 Å². The summed E-state index contributed by atoms with van der Waals surface area (Å²) < 4.78 is 0. The van der Waals surface area contributed by atoms with Crippen LogP contribution >= 0.6 is 0 Å². The number of hydrogen-bond donors (Lipinski definition) is 0. The highest BCUT2D eigenvalue weighted by Crippen LogP contribution is 2.29. The first-order chi connectivity index (χ1) is 4.88. The van der Waals surface area contributed by atoms with Gasteiger partial charge in [0, 0.05) is 0 Å². The summed E-state index contributed by atoms with van der Waals surface area (Å²) in [5.41, 5.74) is 3.18. The van der Waals surface area contributed by atoms with Crippen LogP contribution in [0, 0.1) is 6.42 Å². The van der Waals surface area contributed by atoms with Crippen molar-refractivity contribution >= 4 is 0 Å². The molecule has 0 fully saturated rings. The molecule has 1 rings (SSSR count). The van der Waals surface area contributed by atoms with Crippen molar-refractivity contribution in [3.05, 3.63) is 30.2 Å². The molecule has 0 atom stereocenters. The zero-order valence-electron chi connectivity index (χ0n) is 6.69. The quantitative estimate of drug-likeness (QED) is 0.521. The molecule has 0 saturated carbocycles. The van der Waals surface area contributed by atoms with Crippen LogP contribution in [0.25, 0.3) is 0 Å². The Kier molecular flexibility index (Phi) is 2.73. The van der Waals surface area contributed by atoms with Gasteiger partial charge in [0.05, 0.1) is 0 Å². The first kappa shape index (κ1) is 7.59. The van der Waals surface area contributed by atoms with E-state index in [-0.39, 0.29) is 0 Å². The Morgan fingerprint density at radius 2 is 2.50 bits per heavy atom. The Bertz CT molecular complexity index is 151. The molecule has 0 aromatic rings.